The molecule has 1 atom stereocenters. The van der Waals surface area contributed by atoms with E-state index < -0.39 is 0 Å². The number of nitrogens with one attached hydrogen (secondary N) is 1. The Labute approximate surface area is 134 Å². The second-order valence-electron chi connectivity index (χ2n) is 5.78. The van der Waals surface area contributed by atoms with Crippen LogP contribution in [0.15, 0.2) is 41.0 Å². The fourth-order valence-electron chi connectivity index (χ4n) is 2.39. The van der Waals surface area contributed by atoms with E-state index in [1.807, 2.05) is 6.07 Å². The number of hydrogen-bond donors (Lipinski definition) is 1. The highest BCUT2D eigenvalue weighted by molar-refractivity contribution is 9.10. The SMILES string of the molecule is CC(CCc1ccccc1)Nc1cc(Br)nc(C2CC2)n1. The Bertz CT molecular complexity index is 596. The van der Waals surface area contributed by atoms with Crippen molar-refractivity contribution in [3.8, 4) is 0 Å². The van der Waals surface area contributed by atoms with Crippen LogP contribution in [-0.2, 0) is 6.42 Å². The van der Waals surface area contributed by atoms with Gasteiger partial charge in [0.1, 0.15) is 16.2 Å². The molecule has 1 N–H and O–H groups in total. The number of aromatic nitrogens is 2. The Balaban J connectivity index is 1.58. The van der Waals surface area contributed by atoms with Crippen LogP contribution in [0.4, 0.5) is 5.82 Å². The van der Waals surface area contributed by atoms with Gasteiger partial charge in [0.05, 0.1) is 0 Å². The van der Waals surface area contributed by atoms with E-state index in [1.165, 1.54) is 18.4 Å². The van der Waals surface area contributed by atoms with Crippen molar-refractivity contribution in [1.29, 1.82) is 0 Å². The normalized spacial score (nSPS) is 15.7. The summed E-state index contributed by atoms with van der Waals surface area (Å²) in [6.45, 7) is 2.20. The molecule has 1 saturated carbocycles. The highest BCUT2D eigenvalue weighted by Gasteiger charge is 2.27. The lowest BCUT2D eigenvalue weighted by Crippen LogP contribution is -2.17. The van der Waals surface area contributed by atoms with E-state index in [2.05, 4.69) is 68.5 Å². The van der Waals surface area contributed by atoms with Crippen molar-refractivity contribution in [3.05, 3.63) is 52.4 Å². The monoisotopic (exact) mass is 345 g/mol. The van der Waals surface area contributed by atoms with Crippen LogP contribution >= 0.6 is 15.9 Å². The Kier molecular flexibility index (Phi) is 4.54. The van der Waals surface area contributed by atoms with Gasteiger partial charge < -0.3 is 5.32 Å². The second-order valence-corrected chi connectivity index (χ2v) is 6.59. The molecule has 0 aliphatic heterocycles. The van der Waals surface area contributed by atoms with Crippen LogP contribution < -0.4 is 5.32 Å². The van der Waals surface area contributed by atoms with E-state index in [9.17, 15) is 0 Å². The van der Waals surface area contributed by atoms with E-state index in [1.54, 1.807) is 0 Å². The maximum absolute atomic E-state index is 4.64. The molecule has 0 amide bonds. The van der Waals surface area contributed by atoms with Gasteiger partial charge in [-0.1, -0.05) is 30.3 Å². The predicted molar refractivity (Wildman–Crippen MR) is 89.6 cm³/mol. The van der Waals surface area contributed by atoms with Gasteiger partial charge in [0.2, 0.25) is 0 Å². The minimum atomic E-state index is 0.388. The molecule has 4 heteroatoms. The first kappa shape index (κ1) is 14.5. The Morgan fingerprint density at radius 3 is 2.71 bits per heavy atom. The first-order valence-corrected chi connectivity index (χ1v) is 8.35. The quantitative estimate of drug-likeness (QED) is 0.780. The van der Waals surface area contributed by atoms with Gasteiger partial charge >= 0.3 is 0 Å². The molecule has 0 saturated heterocycles. The lowest BCUT2D eigenvalue weighted by molar-refractivity contribution is 0.700. The summed E-state index contributed by atoms with van der Waals surface area (Å²) >= 11 is 3.48. The van der Waals surface area contributed by atoms with Gasteiger partial charge in [0, 0.05) is 18.0 Å². The molecule has 110 valence electrons. The molecule has 3 rings (SSSR count). The summed E-state index contributed by atoms with van der Waals surface area (Å²) in [6, 6.07) is 13.0. The minimum Gasteiger partial charge on any atom is -0.367 e. The zero-order valence-electron chi connectivity index (χ0n) is 12.2. The maximum atomic E-state index is 4.64. The van der Waals surface area contributed by atoms with Gasteiger partial charge in [-0.3, -0.25) is 0 Å². The summed E-state index contributed by atoms with van der Waals surface area (Å²) in [5.41, 5.74) is 1.38. The topological polar surface area (TPSA) is 37.8 Å². The maximum Gasteiger partial charge on any atom is 0.135 e. The fraction of sp³-hybridized carbons (Fsp3) is 0.412. The van der Waals surface area contributed by atoms with Crippen molar-refractivity contribution in [2.24, 2.45) is 0 Å². The number of anilines is 1. The standard InChI is InChI=1S/C17H20BrN3/c1-12(7-8-13-5-3-2-4-6-13)19-16-11-15(18)20-17(21-16)14-9-10-14/h2-6,11-12,14H,7-10H2,1H3,(H,19,20,21). The third-order valence-electron chi connectivity index (χ3n) is 3.76. The van der Waals surface area contributed by atoms with Gasteiger partial charge in [0.25, 0.3) is 0 Å². The number of halogens is 1. The Morgan fingerprint density at radius 1 is 1.24 bits per heavy atom. The molecule has 1 aromatic heterocycles. The van der Waals surface area contributed by atoms with E-state index >= 15 is 0 Å². The molecule has 1 aromatic carbocycles. The van der Waals surface area contributed by atoms with Gasteiger partial charge in [-0.05, 0) is 54.1 Å². The Hall–Kier alpha value is -1.42. The molecule has 21 heavy (non-hydrogen) atoms. The van der Waals surface area contributed by atoms with Crippen molar-refractivity contribution >= 4 is 21.7 Å². The van der Waals surface area contributed by atoms with E-state index in [0.717, 1.165) is 29.1 Å². The minimum absolute atomic E-state index is 0.388. The summed E-state index contributed by atoms with van der Waals surface area (Å²) in [5.74, 6) is 2.48. The zero-order valence-corrected chi connectivity index (χ0v) is 13.8. The van der Waals surface area contributed by atoms with Crippen LogP contribution in [0, 0.1) is 0 Å². The van der Waals surface area contributed by atoms with Crippen molar-refractivity contribution in [2.75, 3.05) is 5.32 Å². The number of aryl methyl sites for hydroxylation is 1. The van der Waals surface area contributed by atoms with Crippen molar-refractivity contribution in [2.45, 2.75) is 44.6 Å². The summed E-state index contributed by atoms with van der Waals surface area (Å²) in [5, 5.41) is 3.49. The first-order valence-electron chi connectivity index (χ1n) is 7.55. The second kappa shape index (κ2) is 6.56. The zero-order chi connectivity index (χ0) is 14.7. The number of nitrogens with zero attached hydrogens (tertiary/aromatic N) is 2. The molecule has 1 aliphatic carbocycles. The van der Waals surface area contributed by atoms with E-state index in [0.29, 0.717) is 12.0 Å². The molecule has 1 heterocycles. The number of benzene rings is 1. The molecule has 1 fully saturated rings. The average molecular weight is 346 g/mol. The lowest BCUT2D eigenvalue weighted by atomic mass is 10.1. The van der Waals surface area contributed by atoms with Crippen LogP contribution in [-0.4, -0.2) is 16.0 Å². The third-order valence-corrected chi connectivity index (χ3v) is 4.16. The molecule has 0 spiro atoms. The van der Waals surface area contributed by atoms with Crippen molar-refractivity contribution < 1.29 is 0 Å². The fourth-order valence-corrected chi connectivity index (χ4v) is 2.78. The van der Waals surface area contributed by atoms with Crippen LogP contribution in [0.3, 0.4) is 0 Å². The highest BCUT2D eigenvalue weighted by Crippen LogP contribution is 2.38. The molecular weight excluding hydrogens is 326 g/mol. The number of hydrogen-bond acceptors (Lipinski definition) is 3. The predicted octanol–water partition coefficient (Wildman–Crippen LogP) is 4.55. The summed E-state index contributed by atoms with van der Waals surface area (Å²) < 4.78 is 0.872. The number of rotatable bonds is 6. The smallest absolute Gasteiger partial charge is 0.135 e. The van der Waals surface area contributed by atoms with Crippen LogP contribution in [0.5, 0.6) is 0 Å². The first-order chi connectivity index (χ1) is 10.2. The Morgan fingerprint density at radius 2 is 2.00 bits per heavy atom. The van der Waals surface area contributed by atoms with Gasteiger partial charge in [-0.25, -0.2) is 9.97 Å². The van der Waals surface area contributed by atoms with Crippen LogP contribution in [0.1, 0.15) is 43.5 Å². The molecule has 1 aliphatic rings. The summed E-state index contributed by atoms with van der Waals surface area (Å²) in [4.78, 5) is 9.10. The highest BCUT2D eigenvalue weighted by atomic mass is 79.9. The van der Waals surface area contributed by atoms with Crippen molar-refractivity contribution in [3.63, 3.8) is 0 Å². The molecule has 3 nitrogen and oxygen atoms in total. The molecule has 1 unspecified atom stereocenters. The van der Waals surface area contributed by atoms with Gasteiger partial charge in [0.15, 0.2) is 0 Å². The van der Waals surface area contributed by atoms with Crippen LogP contribution in [0.25, 0.3) is 0 Å². The lowest BCUT2D eigenvalue weighted by Gasteiger charge is -2.15. The summed E-state index contributed by atoms with van der Waals surface area (Å²) in [7, 11) is 0. The van der Waals surface area contributed by atoms with E-state index in [-0.39, 0.29) is 0 Å². The molecule has 0 radical (unpaired) electrons. The molecule has 0 bridgehead atoms. The largest absolute Gasteiger partial charge is 0.367 e. The van der Waals surface area contributed by atoms with Crippen LogP contribution in [0.2, 0.25) is 0 Å². The van der Waals surface area contributed by atoms with E-state index in [4.69, 9.17) is 0 Å². The molecular formula is C17H20BrN3. The van der Waals surface area contributed by atoms with Gasteiger partial charge in [-0.15, -0.1) is 0 Å². The molecule has 2 aromatic rings. The average Bonchev–Trinajstić information content (AvgIpc) is 3.30. The van der Waals surface area contributed by atoms with Gasteiger partial charge in [-0.2, -0.15) is 0 Å². The summed E-state index contributed by atoms with van der Waals surface area (Å²) in [6.07, 6.45) is 4.61. The third kappa shape index (κ3) is 4.27. The van der Waals surface area contributed by atoms with Crippen molar-refractivity contribution in [1.82, 2.24) is 9.97 Å².